The summed E-state index contributed by atoms with van der Waals surface area (Å²) in [6.07, 6.45) is 4.74. The van der Waals surface area contributed by atoms with Crippen LogP contribution in [-0.4, -0.2) is 60.4 Å². The number of hydrogen-bond acceptors (Lipinski definition) is 3. The van der Waals surface area contributed by atoms with Gasteiger partial charge in [-0.3, -0.25) is 9.59 Å². The third-order valence-corrected chi connectivity index (χ3v) is 6.72. The zero-order chi connectivity index (χ0) is 19.7. The summed E-state index contributed by atoms with van der Waals surface area (Å²) in [7, 11) is 0. The molecule has 0 aromatic heterocycles. The number of likely N-dealkylation sites (tertiary alicyclic amines) is 2. The first-order valence-electron chi connectivity index (χ1n) is 11.0. The Balaban J connectivity index is 1.33. The van der Waals surface area contributed by atoms with Crippen LogP contribution in [0, 0.1) is 11.8 Å². The minimum absolute atomic E-state index is 0.148. The zero-order valence-corrected chi connectivity index (χ0v) is 17.3. The summed E-state index contributed by atoms with van der Waals surface area (Å²) >= 11 is 0. The van der Waals surface area contributed by atoms with Gasteiger partial charge in [-0.05, 0) is 49.1 Å². The molecule has 1 aromatic rings. The maximum Gasteiger partial charge on any atom is 0.245 e. The van der Waals surface area contributed by atoms with Crippen molar-refractivity contribution in [3.63, 3.8) is 0 Å². The van der Waals surface area contributed by atoms with Crippen LogP contribution in [0.4, 0.5) is 5.69 Å². The molecule has 2 saturated heterocycles. The van der Waals surface area contributed by atoms with Gasteiger partial charge in [-0.1, -0.05) is 32.0 Å². The third-order valence-electron chi connectivity index (χ3n) is 6.72. The largest absolute Gasteiger partial charge is 0.371 e. The Morgan fingerprint density at radius 1 is 1.07 bits per heavy atom. The van der Waals surface area contributed by atoms with Gasteiger partial charge in [-0.2, -0.15) is 0 Å². The lowest BCUT2D eigenvalue weighted by Crippen LogP contribution is -2.53. The summed E-state index contributed by atoms with van der Waals surface area (Å²) in [5, 5.41) is 0. The van der Waals surface area contributed by atoms with Crippen LogP contribution >= 0.6 is 0 Å². The van der Waals surface area contributed by atoms with Crippen LogP contribution in [0.2, 0.25) is 0 Å². The van der Waals surface area contributed by atoms with E-state index in [0.29, 0.717) is 12.3 Å². The molecule has 3 heterocycles. The Bertz CT molecular complexity index is 724. The van der Waals surface area contributed by atoms with E-state index in [1.807, 2.05) is 9.80 Å². The van der Waals surface area contributed by atoms with E-state index in [4.69, 9.17) is 0 Å². The molecule has 5 heteroatoms. The summed E-state index contributed by atoms with van der Waals surface area (Å²) in [6, 6.07) is 8.45. The molecule has 4 rings (SSSR count). The van der Waals surface area contributed by atoms with Crippen molar-refractivity contribution in [3.8, 4) is 0 Å². The Morgan fingerprint density at radius 3 is 2.50 bits per heavy atom. The van der Waals surface area contributed by atoms with Gasteiger partial charge in [0.2, 0.25) is 11.8 Å². The molecule has 3 aliphatic heterocycles. The fourth-order valence-electron chi connectivity index (χ4n) is 5.17. The van der Waals surface area contributed by atoms with Crippen molar-refractivity contribution in [2.45, 2.75) is 52.0 Å². The highest BCUT2D eigenvalue weighted by Crippen LogP contribution is 2.30. The van der Waals surface area contributed by atoms with Gasteiger partial charge in [-0.15, -0.1) is 0 Å². The molecule has 5 nitrogen and oxygen atoms in total. The first kappa shape index (κ1) is 19.3. The van der Waals surface area contributed by atoms with Gasteiger partial charge in [0.15, 0.2) is 0 Å². The van der Waals surface area contributed by atoms with Crippen LogP contribution in [0.1, 0.15) is 45.1 Å². The van der Waals surface area contributed by atoms with E-state index in [9.17, 15) is 9.59 Å². The predicted octanol–water partition coefficient (Wildman–Crippen LogP) is 2.93. The van der Waals surface area contributed by atoms with Gasteiger partial charge < -0.3 is 14.7 Å². The topological polar surface area (TPSA) is 43.9 Å². The fraction of sp³-hybridized carbons (Fsp3) is 0.652. The van der Waals surface area contributed by atoms with Crippen molar-refractivity contribution in [1.29, 1.82) is 0 Å². The molecule has 28 heavy (non-hydrogen) atoms. The highest BCUT2D eigenvalue weighted by Gasteiger charge is 2.38. The van der Waals surface area contributed by atoms with Crippen molar-refractivity contribution in [2.75, 3.05) is 37.6 Å². The molecule has 0 bridgehead atoms. The van der Waals surface area contributed by atoms with Crippen LogP contribution in [0.25, 0.3) is 0 Å². The molecule has 0 aliphatic carbocycles. The molecule has 0 saturated carbocycles. The first-order valence-corrected chi connectivity index (χ1v) is 11.0. The second-order valence-corrected chi connectivity index (χ2v) is 8.97. The van der Waals surface area contributed by atoms with Gasteiger partial charge in [0.05, 0.1) is 0 Å². The Kier molecular flexibility index (Phi) is 5.61. The number of benzene rings is 1. The average Bonchev–Trinajstić information content (AvgIpc) is 3.29. The minimum Gasteiger partial charge on any atom is -0.371 e. The monoisotopic (exact) mass is 383 g/mol. The Labute approximate surface area is 168 Å². The second kappa shape index (κ2) is 8.14. The van der Waals surface area contributed by atoms with Gasteiger partial charge in [0.1, 0.15) is 6.04 Å². The third kappa shape index (κ3) is 3.76. The van der Waals surface area contributed by atoms with E-state index in [1.165, 1.54) is 11.3 Å². The fourth-order valence-corrected chi connectivity index (χ4v) is 5.17. The van der Waals surface area contributed by atoms with Crippen LogP contribution in [0.5, 0.6) is 0 Å². The van der Waals surface area contributed by atoms with Crippen molar-refractivity contribution in [2.24, 2.45) is 11.8 Å². The average molecular weight is 384 g/mol. The van der Waals surface area contributed by atoms with E-state index in [1.54, 1.807) is 0 Å². The summed E-state index contributed by atoms with van der Waals surface area (Å²) in [6.45, 7) is 8.71. The number of para-hydroxylation sites is 1. The molecule has 1 unspecified atom stereocenters. The zero-order valence-electron chi connectivity index (χ0n) is 17.3. The maximum absolute atomic E-state index is 13.2. The number of fused-ring (bicyclic) bond motifs is 1. The number of nitrogens with zero attached hydrogens (tertiary/aromatic N) is 3. The molecular weight excluding hydrogens is 350 g/mol. The molecule has 0 radical (unpaired) electrons. The Hall–Kier alpha value is -2.04. The highest BCUT2D eigenvalue weighted by molar-refractivity contribution is 5.89. The highest BCUT2D eigenvalue weighted by atomic mass is 16.2. The summed E-state index contributed by atoms with van der Waals surface area (Å²) in [5.41, 5.74) is 2.86. The van der Waals surface area contributed by atoms with Crippen molar-refractivity contribution < 1.29 is 9.59 Å². The minimum atomic E-state index is -0.281. The molecule has 3 aliphatic rings. The van der Waals surface area contributed by atoms with Crippen molar-refractivity contribution >= 4 is 17.5 Å². The van der Waals surface area contributed by atoms with E-state index >= 15 is 0 Å². The lowest BCUT2D eigenvalue weighted by Gasteiger charge is -2.39. The van der Waals surface area contributed by atoms with Gasteiger partial charge in [-0.25, -0.2) is 0 Å². The summed E-state index contributed by atoms with van der Waals surface area (Å²) < 4.78 is 0. The summed E-state index contributed by atoms with van der Waals surface area (Å²) in [4.78, 5) is 31.8. The number of piperidine rings is 1. The van der Waals surface area contributed by atoms with Crippen LogP contribution in [0.15, 0.2) is 24.3 Å². The van der Waals surface area contributed by atoms with Crippen molar-refractivity contribution in [3.05, 3.63) is 29.8 Å². The lowest BCUT2D eigenvalue weighted by atomic mass is 9.94. The van der Waals surface area contributed by atoms with E-state index in [2.05, 4.69) is 43.0 Å². The molecule has 0 N–H and O–H groups in total. The normalized spacial score (nSPS) is 21.5. The van der Waals surface area contributed by atoms with E-state index < -0.39 is 0 Å². The molecule has 2 fully saturated rings. The quantitative estimate of drug-likeness (QED) is 0.785. The molecule has 152 valence electrons. The van der Waals surface area contributed by atoms with Gasteiger partial charge in [0.25, 0.3) is 0 Å². The van der Waals surface area contributed by atoms with Crippen LogP contribution in [0.3, 0.4) is 0 Å². The number of carbonyl (C=O) groups excluding carboxylic acids is 2. The number of anilines is 1. The lowest BCUT2D eigenvalue weighted by molar-refractivity contribution is -0.146. The molecule has 1 atom stereocenters. The second-order valence-electron chi connectivity index (χ2n) is 8.97. The Morgan fingerprint density at radius 2 is 1.82 bits per heavy atom. The van der Waals surface area contributed by atoms with Crippen molar-refractivity contribution in [1.82, 2.24) is 9.80 Å². The molecule has 0 spiro atoms. The molecule has 2 amide bonds. The van der Waals surface area contributed by atoms with E-state index in [0.717, 1.165) is 58.4 Å². The first-order chi connectivity index (χ1) is 13.5. The van der Waals surface area contributed by atoms with Gasteiger partial charge in [0, 0.05) is 44.8 Å². The standard InChI is InChI=1S/C23H33N3O2/c1-17(2)22(26-12-5-8-21(26)27)23(28)24-13-9-18(10-14-24)16-25-15-11-19-6-3-4-7-20(19)25/h3-4,6-7,17-18,22H,5,8-16H2,1-2H3. The number of carbonyl (C=O) groups is 2. The van der Waals surface area contributed by atoms with Gasteiger partial charge >= 0.3 is 0 Å². The molecular formula is C23H33N3O2. The SMILES string of the molecule is CC(C)C(C(=O)N1CCC(CN2CCc3ccccc32)CC1)N1CCCC1=O. The van der Waals surface area contributed by atoms with E-state index in [-0.39, 0.29) is 23.8 Å². The molecule has 1 aromatic carbocycles. The number of hydrogen-bond donors (Lipinski definition) is 0. The maximum atomic E-state index is 13.2. The van der Waals surface area contributed by atoms with Crippen LogP contribution in [-0.2, 0) is 16.0 Å². The summed E-state index contributed by atoms with van der Waals surface area (Å²) in [5.74, 6) is 1.11. The predicted molar refractivity (Wildman–Crippen MR) is 111 cm³/mol. The smallest absolute Gasteiger partial charge is 0.245 e. The number of amides is 2. The van der Waals surface area contributed by atoms with Crippen LogP contribution < -0.4 is 4.90 Å². The number of rotatable bonds is 5.